The van der Waals surface area contributed by atoms with E-state index < -0.39 is 46.1 Å². The Morgan fingerprint density at radius 1 is 1.06 bits per heavy atom. The number of halogens is 2. The third-order valence-corrected chi connectivity index (χ3v) is 5.91. The van der Waals surface area contributed by atoms with Crippen molar-refractivity contribution in [3.05, 3.63) is 65.7 Å². The van der Waals surface area contributed by atoms with E-state index in [1.807, 2.05) is 6.92 Å². The minimum absolute atomic E-state index is 0.0608. The minimum atomic E-state index is -4.01. The van der Waals surface area contributed by atoms with Crippen LogP contribution < -0.4 is 9.62 Å². The monoisotopic (exact) mass is 467 g/mol. The Bertz CT molecular complexity index is 1050. The van der Waals surface area contributed by atoms with Gasteiger partial charge in [-0.25, -0.2) is 17.2 Å². The highest BCUT2D eigenvalue weighted by Crippen LogP contribution is 2.22. The Hall–Kier alpha value is -3.01. The summed E-state index contributed by atoms with van der Waals surface area (Å²) in [5.74, 6) is -2.38. The third-order valence-electron chi connectivity index (χ3n) is 4.78. The first-order valence-corrected chi connectivity index (χ1v) is 11.9. The number of hydrogen-bond acceptors (Lipinski definition) is 4. The van der Waals surface area contributed by atoms with Crippen LogP contribution >= 0.6 is 0 Å². The number of carbonyl (C=O) groups excluding carboxylic acids is 2. The van der Waals surface area contributed by atoms with Crippen molar-refractivity contribution in [3.8, 4) is 0 Å². The molecule has 0 aliphatic heterocycles. The van der Waals surface area contributed by atoms with E-state index >= 15 is 0 Å². The molecule has 0 saturated heterocycles. The molecule has 0 radical (unpaired) electrons. The predicted octanol–water partition coefficient (Wildman–Crippen LogP) is 2.67. The summed E-state index contributed by atoms with van der Waals surface area (Å²) in [6.07, 6.45) is 1.56. The minimum Gasteiger partial charge on any atom is -0.354 e. The summed E-state index contributed by atoms with van der Waals surface area (Å²) in [5.41, 5.74) is 0.278. The number of nitrogens with one attached hydrogen (secondary N) is 1. The van der Waals surface area contributed by atoms with Crippen LogP contribution in [0.3, 0.4) is 0 Å². The summed E-state index contributed by atoms with van der Waals surface area (Å²) < 4.78 is 53.0. The zero-order chi connectivity index (χ0) is 23.9. The molecule has 0 spiro atoms. The fourth-order valence-electron chi connectivity index (χ4n) is 3.01. The van der Waals surface area contributed by atoms with Crippen LogP contribution in [-0.2, 0) is 26.2 Å². The number of para-hydroxylation sites is 1. The van der Waals surface area contributed by atoms with Gasteiger partial charge in [0.2, 0.25) is 21.8 Å². The van der Waals surface area contributed by atoms with Gasteiger partial charge in [0, 0.05) is 13.1 Å². The van der Waals surface area contributed by atoms with Crippen LogP contribution in [0.25, 0.3) is 0 Å². The molecular formula is C22H27F2N3O4S. The Morgan fingerprint density at radius 2 is 1.69 bits per heavy atom. The van der Waals surface area contributed by atoms with E-state index in [9.17, 15) is 26.8 Å². The molecule has 0 saturated carbocycles. The van der Waals surface area contributed by atoms with Crippen molar-refractivity contribution in [3.63, 3.8) is 0 Å². The molecule has 174 valence electrons. The van der Waals surface area contributed by atoms with E-state index in [0.29, 0.717) is 22.8 Å². The van der Waals surface area contributed by atoms with Gasteiger partial charge in [-0.15, -0.1) is 0 Å². The fourth-order valence-corrected chi connectivity index (χ4v) is 3.86. The molecule has 0 heterocycles. The van der Waals surface area contributed by atoms with Crippen molar-refractivity contribution < 1.29 is 26.8 Å². The lowest BCUT2D eigenvalue weighted by Gasteiger charge is -2.31. The summed E-state index contributed by atoms with van der Waals surface area (Å²) in [5, 5.41) is 2.70. The van der Waals surface area contributed by atoms with Gasteiger partial charge in [-0.2, -0.15) is 0 Å². The summed E-state index contributed by atoms with van der Waals surface area (Å²) in [7, 11) is -4.01. The van der Waals surface area contributed by atoms with E-state index in [2.05, 4.69) is 5.32 Å². The van der Waals surface area contributed by atoms with Crippen LogP contribution in [0.4, 0.5) is 14.5 Å². The molecule has 0 bridgehead atoms. The van der Waals surface area contributed by atoms with Crippen LogP contribution in [0.2, 0.25) is 0 Å². The fraction of sp³-hybridized carbons (Fsp3) is 0.364. The SMILES string of the molecule is CCCNC(=O)C(C)N(Cc1ccc(F)cc1)C(=O)CN(c1ccccc1F)S(C)(=O)=O. The number of carbonyl (C=O) groups is 2. The average molecular weight is 468 g/mol. The highest BCUT2D eigenvalue weighted by Gasteiger charge is 2.30. The van der Waals surface area contributed by atoms with E-state index in [4.69, 9.17) is 0 Å². The summed E-state index contributed by atoms with van der Waals surface area (Å²) in [6.45, 7) is 3.04. The second-order valence-corrected chi connectivity index (χ2v) is 9.24. The van der Waals surface area contributed by atoms with Crippen LogP contribution in [0.15, 0.2) is 48.5 Å². The normalized spacial score (nSPS) is 12.2. The molecule has 2 amide bonds. The molecular weight excluding hydrogens is 440 g/mol. The van der Waals surface area contributed by atoms with Gasteiger partial charge in [0.15, 0.2) is 0 Å². The molecule has 1 N–H and O–H groups in total. The summed E-state index contributed by atoms with van der Waals surface area (Å²) in [6, 6.07) is 9.65. The van der Waals surface area contributed by atoms with Gasteiger partial charge in [-0.3, -0.25) is 13.9 Å². The molecule has 10 heteroatoms. The molecule has 2 aromatic rings. The number of anilines is 1. The van der Waals surface area contributed by atoms with E-state index in [0.717, 1.165) is 12.3 Å². The molecule has 1 unspecified atom stereocenters. The topological polar surface area (TPSA) is 86.8 Å². The van der Waals surface area contributed by atoms with Crippen molar-refractivity contribution in [1.82, 2.24) is 10.2 Å². The van der Waals surface area contributed by atoms with Crippen molar-refractivity contribution in [2.45, 2.75) is 32.9 Å². The number of benzene rings is 2. The zero-order valence-corrected chi connectivity index (χ0v) is 19.0. The standard InChI is InChI=1S/C22H27F2N3O4S/c1-4-13-25-22(29)16(2)26(14-17-9-11-18(23)12-10-17)21(28)15-27(32(3,30)31)20-8-6-5-7-19(20)24/h5-12,16H,4,13-15H2,1-3H3,(H,25,29). The number of nitrogens with zero attached hydrogens (tertiary/aromatic N) is 2. The first kappa shape index (κ1) is 25.3. The lowest BCUT2D eigenvalue weighted by molar-refractivity contribution is -0.139. The number of amides is 2. The van der Waals surface area contributed by atoms with E-state index in [-0.39, 0.29) is 12.2 Å². The van der Waals surface area contributed by atoms with Crippen LogP contribution in [0.1, 0.15) is 25.8 Å². The molecule has 0 aliphatic rings. The van der Waals surface area contributed by atoms with Crippen molar-refractivity contribution in [1.29, 1.82) is 0 Å². The molecule has 0 fully saturated rings. The zero-order valence-electron chi connectivity index (χ0n) is 18.2. The Morgan fingerprint density at radius 3 is 2.25 bits per heavy atom. The Labute approximate surface area is 187 Å². The average Bonchev–Trinajstić information content (AvgIpc) is 2.74. The van der Waals surface area contributed by atoms with Gasteiger partial charge < -0.3 is 10.2 Å². The van der Waals surface area contributed by atoms with Gasteiger partial charge in [-0.1, -0.05) is 31.2 Å². The molecule has 0 aromatic heterocycles. The molecule has 0 aliphatic carbocycles. The Kier molecular flexibility index (Phi) is 8.71. The Balaban J connectivity index is 2.37. The second-order valence-electron chi connectivity index (χ2n) is 7.34. The molecule has 2 aromatic carbocycles. The van der Waals surface area contributed by atoms with E-state index in [1.54, 1.807) is 0 Å². The predicted molar refractivity (Wildman–Crippen MR) is 118 cm³/mol. The lowest BCUT2D eigenvalue weighted by atomic mass is 10.1. The number of hydrogen-bond donors (Lipinski definition) is 1. The second kappa shape index (κ2) is 11.0. The molecule has 7 nitrogen and oxygen atoms in total. The van der Waals surface area contributed by atoms with Crippen LogP contribution in [0, 0.1) is 11.6 Å². The van der Waals surface area contributed by atoms with Crippen molar-refractivity contribution in [2.24, 2.45) is 0 Å². The van der Waals surface area contributed by atoms with Gasteiger partial charge in [0.05, 0.1) is 11.9 Å². The highest BCUT2D eigenvalue weighted by molar-refractivity contribution is 7.92. The van der Waals surface area contributed by atoms with Crippen LogP contribution in [0.5, 0.6) is 0 Å². The third kappa shape index (κ3) is 6.74. The maximum atomic E-state index is 14.3. The van der Waals surface area contributed by atoms with Gasteiger partial charge in [0.25, 0.3) is 0 Å². The molecule has 1 atom stereocenters. The first-order chi connectivity index (χ1) is 15.0. The number of rotatable bonds is 10. The maximum Gasteiger partial charge on any atom is 0.244 e. The summed E-state index contributed by atoms with van der Waals surface area (Å²) >= 11 is 0. The lowest BCUT2D eigenvalue weighted by Crippen LogP contribution is -2.51. The maximum absolute atomic E-state index is 14.3. The molecule has 32 heavy (non-hydrogen) atoms. The van der Waals surface area contributed by atoms with Crippen LogP contribution in [-0.4, -0.2) is 50.5 Å². The highest BCUT2D eigenvalue weighted by atomic mass is 32.2. The van der Waals surface area contributed by atoms with Gasteiger partial charge in [0.1, 0.15) is 24.2 Å². The summed E-state index contributed by atoms with van der Waals surface area (Å²) in [4.78, 5) is 27.0. The first-order valence-electron chi connectivity index (χ1n) is 10.1. The quantitative estimate of drug-likeness (QED) is 0.582. The smallest absolute Gasteiger partial charge is 0.244 e. The van der Waals surface area contributed by atoms with Gasteiger partial charge in [-0.05, 0) is 43.2 Å². The van der Waals surface area contributed by atoms with Crippen molar-refractivity contribution in [2.75, 3.05) is 23.7 Å². The van der Waals surface area contributed by atoms with Gasteiger partial charge >= 0.3 is 0 Å². The van der Waals surface area contributed by atoms with E-state index in [1.165, 1.54) is 54.3 Å². The largest absolute Gasteiger partial charge is 0.354 e. The number of sulfonamides is 1. The van der Waals surface area contributed by atoms with Crippen molar-refractivity contribution >= 4 is 27.5 Å². The molecule has 2 rings (SSSR count).